The molecule has 0 spiro atoms. The van der Waals surface area contributed by atoms with E-state index in [4.69, 9.17) is 5.11 Å². The van der Waals surface area contributed by atoms with Crippen molar-refractivity contribution in [3.8, 4) is 0 Å². The van der Waals surface area contributed by atoms with Gasteiger partial charge in [0.05, 0.1) is 17.2 Å². The Morgan fingerprint density at radius 2 is 1.84 bits per heavy atom. The molecule has 0 radical (unpaired) electrons. The molecular formula is C11H11F3O4S. The topological polar surface area (TPSA) is 77.8 Å². The first-order valence-corrected chi connectivity index (χ1v) is 5.72. The quantitative estimate of drug-likeness (QED) is 0.638. The molecule has 1 aromatic rings. The Bertz CT molecular complexity index is 475. The van der Waals surface area contributed by atoms with Crippen molar-refractivity contribution in [3.63, 3.8) is 0 Å². The van der Waals surface area contributed by atoms with Gasteiger partial charge in [0.1, 0.15) is 6.10 Å². The number of carbonyl (C=O) groups is 1. The molecule has 0 aliphatic heterocycles. The van der Waals surface area contributed by atoms with Gasteiger partial charge in [0.25, 0.3) is 0 Å². The molecule has 0 amide bonds. The summed E-state index contributed by atoms with van der Waals surface area (Å²) in [6.07, 6.45) is -7.78. The van der Waals surface area contributed by atoms with Crippen molar-refractivity contribution in [1.82, 2.24) is 0 Å². The van der Waals surface area contributed by atoms with Crippen molar-refractivity contribution >= 4 is 18.6 Å². The first-order valence-electron chi connectivity index (χ1n) is 5.09. The van der Waals surface area contributed by atoms with Crippen molar-refractivity contribution < 1.29 is 33.3 Å². The van der Waals surface area contributed by atoms with Crippen LogP contribution >= 0.6 is 12.6 Å². The van der Waals surface area contributed by atoms with Crippen LogP contribution in [0.15, 0.2) is 18.2 Å². The Balaban J connectivity index is 3.32. The molecular weight excluding hydrogens is 285 g/mol. The van der Waals surface area contributed by atoms with Crippen LogP contribution in [0.2, 0.25) is 0 Å². The van der Waals surface area contributed by atoms with Gasteiger partial charge >= 0.3 is 12.1 Å². The summed E-state index contributed by atoms with van der Waals surface area (Å²) in [5, 5.41) is 27.7. The lowest BCUT2D eigenvalue weighted by Crippen LogP contribution is -2.21. The van der Waals surface area contributed by atoms with E-state index in [9.17, 15) is 28.2 Å². The van der Waals surface area contributed by atoms with E-state index < -0.39 is 35.5 Å². The highest BCUT2D eigenvalue weighted by Crippen LogP contribution is 2.32. The number of hydrogen-bond acceptors (Lipinski definition) is 4. The Kier molecular flexibility index (Phi) is 4.83. The zero-order chi connectivity index (χ0) is 14.8. The minimum Gasteiger partial charge on any atom is -0.478 e. The van der Waals surface area contributed by atoms with E-state index in [1.165, 1.54) is 0 Å². The number of carboxylic acid groups (broad SMARTS) is 1. The highest BCUT2D eigenvalue weighted by molar-refractivity contribution is 7.80. The van der Waals surface area contributed by atoms with Gasteiger partial charge in [0, 0.05) is 5.75 Å². The van der Waals surface area contributed by atoms with E-state index in [2.05, 4.69) is 12.6 Å². The summed E-state index contributed by atoms with van der Waals surface area (Å²) in [5.74, 6) is -1.74. The number of aliphatic hydroxyl groups excluding tert-OH is 2. The summed E-state index contributed by atoms with van der Waals surface area (Å²) in [6.45, 7) is 0. The number of rotatable bonds is 4. The van der Waals surface area contributed by atoms with Crippen molar-refractivity contribution in [2.24, 2.45) is 0 Å². The van der Waals surface area contributed by atoms with Gasteiger partial charge in [-0.1, -0.05) is 0 Å². The number of aliphatic hydroxyl groups is 2. The third-order valence-corrected chi connectivity index (χ3v) is 2.80. The van der Waals surface area contributed by atoms with Crippen LogP contribution < -0.4 is 0 Å². The number of halogens is 3. The van der Waals surface area contributed by atoms with Crippen LogP contribution in [0.4, 0.5) is 13.2 Å². The molecule has 8 heteroatoms. The van der Waals surface area contributed by atoms with Crippen LogP contribution in [0.1, 0.15) is 27.6 Å². The standard InChI is InChI=1S/C11H11F3O4S/c12-11(13,14)7-2-5(9(16)8(15)4-19)1-6(3-7)10(17)18/h1-3,8-9,15-16,19H,4H2,(H,17,18). The molecule has 1 aromatic carbocycles. The molecule has 4 nitrogen and oxygen atoms in total. The fourth-order valence-electron chi connectivity index (χ4n) is 1.43. The molecule has 106 valence electrons. The highest BCUT2D eigenvalue weighted by Gasteiger charge is 2.33. The molecule has 2 atom stereocenters. The van der Waals surface area contributed by atoms with Crippen molar-refractivity contribution in [2.45, 2.75) is 18.4 Å². The maximum atomic E-state index is 12.6. The van der Waals surface area contributed by atoms with Gasteiger partial charge in [0.15, 0.2) is 0 Å². The summed E-state index contributed by atoms with van der Waals surface area (Å²) in [4.78, 5) is 10.8. The molecule has 0 fully saturated rings. The fourth-order valence-corrected chi connectivity index (χ4v) is 1.63. The molecule has 0 saturated heterocycles. The lowest BCUT2D eigenvalue weighted by Gasteiger charge is -2.18. The first kappa shape index (κ1) is 15.8. The second-order valence-electron chi connectivity index (χ2n) is 3.84. The number of alkyl halides is 3. The third-order valence-electron chi connectivity index (χ3n) is 2.42. The van der Waals surface area contributed by atoms with Crippen LogP contribution in [0.25, 0.3) is 0 Å². The van der Waals surface area contributed by atoms with Crippen LogP contribution in [0, 0.1) is 0 Å². The Hall–Kier alpha value is -1.25. The van der Waals surface area contributed by atoms with Gasteiger partial charge in [-0.05, 0) is 23.8 Å². The Labute approximate surface area is 111 Å². The second kappa shape index (κ2) is 5.81. The molecule has 0 saturated carbocycles. The van der Waals surface area contributed by atoms with Crippen LogP contribution in [-0.4, -0.2) is 33.1 Å². The summed E-state index contributed by atoms with van der Waals surface area (Å²) in [6, 6.07) is 1.95. The summed E-state index contributed by atoms with van der Waals surface area (Å²) < 4.78 is 37.8. The second-order valence-corrected chi connectivity index (χ2v) is 4.21. The molecule has 3 N–H and O–H groups in total. The number of carboxylic acids is 1. The van der Waals surface area contributed by atoms with Crippen molar-refractivity contribution in [3.05, 3.63) is 34.9 Å². The minimum absolute atomic E-state index is 0.181. The third kappa shape index (κ3) is 3.85. The van der Waals surface area contributed by atoms with Gasteiger partial charge in [0.2, 0.25) is 0 Å². The number of thiol groups is 1. The molecule has 0 aliphatic rings. The molecule has 0 aromatic heterocycles. The predicted octanol–water partition coefficient (Wildman–Crippen LogP) is 1.73. The zero-order valence-electron chi connectivity index (χ0n) is 9.42. The highest BCUT2D eigenvalue weighted by atomic mass is 32.1. The summed E-state index contributed by atoms with van der Waals surface area (Å²) >= 11 is 3.71. The van der Waals surface area contributed by atoms with Crippen LogP contribution in [0.3, 0.4) is 0 Å². The van der Waals surface area contributed by atoms with Crippen LogP contribution in [-0.2, 0) is 6.18 Å². The van der Waals surface area contributed by atoms with E-state index in [0.29, 0.717) is 12.1 Å². The van der Waals surface area contributed by atoms with E-state index in [1.54, 1.807) is 0 Å². The van der Waals surface area contributed by atoms with E-state index in [1.807, 2.05) is 0 Å². The SMILES string of the molecule is O=C(O)c1cc(C(O)C(O)CS)cc(C(F)(F)F)c1. The summed E-state index contributed by atoms with van der Waals surface area (Å²) in [5.41, 5.74) is -2.14. The monoisotopic (exact) mass is 296 g/mol. The molecule has 0 aliphatic carbocycles. The smallest absolute Gasteiger partial charge is 0.416 e. The largest absolute Gasteiger partial charge is 0.478 e. The Morgan fingerprint density at radius 1 is 1.26 bits per heavy atom. The maximum absolute atomic E-state index is 12.6. The molecule has 0 bridgehead atoms. The number of hydrogen-bond donors (Lipinski definition) is 4. The van der Waals surface area contributed by atoms with Crippen molar-refractivity contribution in [2.75, 3.05) is 5.75 Å². The minimum atomic E-state index is -4.74. The molecule has 1 rings (SSSR count). The normalized spacial score (nSPS) is 15.1. The van der Waals surface area contributed by atoms with Gasteiger partial charge < -0.3 is 15.3 Å². The van der Waals surface area contributed by atoms with Crippen molar-refractivity contribution in [1.29, 1.82) is 0 Å². The first-order chi connectivity index (χ1) is 8.66. The average Bonchev–Trinajstić information content (AvgIpc) is 2.35. The Morgan fingerprint density at radius 3 is 2.26 bits per heavy atom. The van der Waals surface area contributed by atoms with Gasteiger partial charge in [-0.15, -0.1) is 0 Å². The van der Waals surface area contributed by atoms with E-state index >= 15 is 0 Å². The lowest BCUT2D eigenvalue weighted by molar-refractivity contribution is -0.137. The molecule has 19 heavy (non-hydrogen) atoms. The fraction of sp³-hybridized carbons (Fsp3) is 0.364. The van der Waals surface area contributed by atoms with Gasteiger partial charge in [-0.25, -0.2) is 4.79 Å². The number of aromatic carboxylic acids is 1. The molecule has 2 unspecified atom stereocenters. The zero-order valence-corrected chi connectivity index (χ0v) is 10.3. The van der Waals surface area contributed by atoms with Gasteiger partial charge in [-0.3, -0.25) is 0 Å². The lowest BCUT2D eigenvalue weighted by atomic mass is 9.99. The number of benzene rings is 1. The van der Waals surface area contributed by atoms with E-state index in [-0.39, 0.29) is 11.3 Å². The van der Waals surface area contributed by atoms with Gasteiger partial charge in [-0.2, -0.15) is 25.8 Å². The predicted molar refractivity (Wildman–Crippen MR) is 63.2 cm³/mol. The van der Waals surface area contributed by atoms with Crippen LogP contribution in [0.5, 0.6) is 0 Å². The van der Waals surface area contributed by atoms with E-state index in [0.717, 1.165) is 6.07 Å². The maximum Gasteiger partial charge on any atom is 0.416 e. The average molecular weight is 296 g/mol. The summed E-state index contributed by atoms with van der Waals surface area (Å²) in [7, 11) is 0. The molecule has 0 heterocycles.